The standard InChI is InChI=1S/C15H24N2O/c1-17(13-15-12-16-9-11-18-15)10-5-8-14-6-3-2-4-7-14/h2-4,6-7,15-16H,5,8-13H2,1H3. The van der Waals surface area contributed by atoms with Gasteiger partial charge in [0.2, 0.25) is 0 Å². The number of hydrogen-bond donors (Lipinski definition) is 1. The van der Waals surface area contributed by atoms with Crippen LogP contribution in [0.15, 0.2) is 30.3 Å². The highest BCUT2D eigenvalue weighted by molar-refractivity contribution is 5.14. The van der Waals surface area contributed by atoms with Crippen molar-refractivity contribution in [2.75, 3.05) is 39.8 Å². The van der Waals surface area contributed by atoms with Gasteiger partial charge in [-0.25, -0.2) is 0 Å². The van der Waals surface area contributed by atoms with Gasteiger partial charge in [-0.2, -0.15) is 0 Å². The highest BCUT2D eigenvalue weighted by atomic mass is 16.5. The number of ether oxygens (including phenoxy) is 1. The van der Waals surface area contributed by atoms with Crippen molar-refractivity contribution in [3.63, 3.8) is 0 Å². The van der Waals surface area contributed by atoms with Crippen LogP contribution in [0.2, 0.25) is 0 Å². The van der Waals surface area contributed by atoms with E-state index in [4.69, 9.17) is 4.74 Å². The zero-order valence-electron chi connectivity index (χ0n) is 11.3. The lowest BCUT2D eigenvalue weighted by molar-refractivity contribution is 0.00997. The molecule has 3 nitrogen and oxygen atoms in total. The van der Waals surface area contributed by atoms with E-state index in [1.54, 1.807) is 0 Å². The molecule has 1 aromatic carbocycles. The van der Waals surface area contributed by atoms with Crippen LogP contribution >= 0.6 is 0 Å². The minimum Gasteiger partial charge on any atom is -0.374 e. The van der Waals surface area contributed by atoms with Crippen molar-refractivity contribution >= 4 is 0 Å². The Morgan fingerprint density at radius 3 is 2.89 bits per heavy atom. The molecular formula is C15H24N2O. The van der Waals surface area contributed by atoms with Crippen LogP contribution < -0.4 is 5.32 Å². The average molecular weight is 248 g/mol. The second kappa shape index (κ2) is 7.52. The number of benzene rings is 1. The molecule has 1 aliphatic rings. The largest absolute Gasteiger partial charge is 0.374 e. The Kier molecular flexibility index (Phi) is 5.65. The zero-order chi connectivity index (χ0) is 12.6. The molecule has 0 aromatic heterocycles. The van der Waals surface area contributed by atoms with E-state index in [0.29, 0.717) is 6.10 Å². The number of aryl methyl sites for hydroxylation is 1. The lowest BCUT2D eigenvalue weighted by Gasteiger charge is -2.28. The van der Waals surface area contributed by atoms with Gasteiger partial charge >= 0.3 is 0 Å². The van der Waals surface area contributed by atoms with E-state index < -0.39 is 0 Å². The maximum Gasteiger partial charge on any atom is 0.0826 e. The minimum absolute atomic E-state index is 0.362. The third-order valence-electron chi connectivity index (χ3n) is 3.37. The van der Waals surface area contributed by atoms with Crippen LogP contribution in [0, 0.1) is 0 Å². The Balaban J connectivity index is 1.61. The summed E-state index contributed by atoms with van der Waals surface area (Å²) in [6, 6.07) is 10.7. The molecule has 0 amide bonds. The first-order chi connectivity index (χ1) is 8.84. The van der Waals surface area contributed by atoms with Crippen molar-refractivity contribution in [2.24, 2.45) is 0 Å². The smallest absolute Gasteiger partial charge is 0.0826 e. The van der Waals surface area contributed by atoms with Crippen molar-refractivity contribution in [2.45, 2.75) is 18.9 Å². The van der Waals surface area contributed by atoms with Crippen molar-refractivity contribution in [1.82, 2.24) is 10.2 Å². The van der Waals surface area contributed by atoms with Gasteiger partial charge in [-0.1, -0.05) is 30.3 Å². The molecule has 1 N–H and O–H groups in total. The van der Waals surface area contributed by atoms with Crippen LogP contribution in [-0.2, 0) is 11.2 Å². The summed E-state index contributed by atoms with van der Waals surface area (Å²) in [6.45, 7) is 5.00. The zero-order valence-corrected chi connectivity index (χ0v) is 11.3. The summed E-state index contributed by atoms with van der Waals surface area (Å²) in [5.74, 6) is 0. The number of nitrogens with zero attached hydrogens (tertiary/aromatic N) is 1. The molecule has 0 aliphatic carbocycles. The fourth-order valence-corrected chi connectivity index (χ4v) is 2.37. The monoisotopic (exact) mass is 248 g/mol. The Hall–Kier alpha value is -0.900. The highest BCUT2D eigenvalue weighted by Gasteiger charge is 2.14. The van der Waals surface area contributed by atoms with E-state index in [1.807, 2.05) is 0 Å². The first-order valence-corrected chi connectivity index (χ1v) is 6.89. The average Bonchev–Trinajstić information content (AvgIpc) is 2.41. The summed E-state index contributed by atoms with van der Waals surface area (Å²) < 4.78 is 5.71. The maximum atomic E-state index is 5.71. The van der Waals surface area contributed by atoms with Crippen molar-refractivity contribution < 1.29 is 4.74 Å². The Morgan fingerprint density at radius 2 is 2.17 bits per heavy atom. The molecule has 0 spiro atoms. The van der Waals surface area contributed by atoms with Crippen molar-refractivity contribution in [3.05, 3.63) is 35.9 Å². The number of nitrogens with one attached hydrogen (secondary N) is 1. The van der Waals surface area contributed by atoms with Gasteiger partial charge in [-0.3, -0.25) is 0 Å². The molecule has 0 bridgehead atoms. The molecule has 1 aliphatic heterocycles. The predicted molar refractivity (Wildman–Crippen MR) is 74.9 cm³/mol. The third-order valence-corrected chi connectivity index (χ3v) is 3.37. The van der Waals surface area contributed by atoms with Crippen LogP contribution in [-0.4, -0.2) is 50.8 Å². The quantitative estimate of drug-likeness (QED) is 0.826. The third kappa shape index (κ3) is 4.77. The first kappa shape index (κ1) is 13.5. The van der Waals surface area contributed by atoms with Gasteiger partial charge in [-0.05, 0) is 32.0 Å². The summed E-state index contributed by atoms with van der Waals surface area (Å²) in [7, 11) is 2.18. The van der Waals surface area contributed by atoms with Crippen molar-refractivity contribution in [1.29, 1.82) is 0 Å². The van der Waals surface area contributed by atoms with Gasteiger partial charge < -0.3 is 15.0 Å². The van der Waals surface area contributed by atoms with Crippen LogP contribution in [0.1, 0.15) is 12.0 Å². The van der Waals surface area contributed by atoms with Crippen LogP contribution in [0.25, 0.3) is 0 Å². The van der Waals surface area contributed by atoms with E-state index in [9.17, 15) is 0 Å². The predicted octanol–water partition coefficient (Wildman–Crippen LogP) is 1.54. The van der Waals surface area contributed by atoms with E-state index in [1.165, 1.54) is 12.0 Å². The second-order valence-electron chi connectivity index (χ2n) is 5.05. The molecule has 1 fully saturated rings. The molecular weight excluding hydrogens is 224 g/mol. The first-order valence-electron chi connectivity index (χ1n) is 6.89. The van der Waals surface area contributed by atoms with Gasteiger partial charge in [0.1, 0.15) is 0 Å². The summed E-state index contributed by atoms with van der Waals surface area (Å²) >= 11 is 0. The van der Waals surface area contributed by atoms with Crippen LogP contribution in [0.5, 0.6) is 0 Å². The van der Waals surface area contributed by atoms with Crippen molar-refractivity contribution in [3.8, 4) is 0 Å². The van der Waals surface area contributed by atoms with E-state index in [2.05, 4.69) is 47.6 Å². The summed E-state index contributed by atoms with van der Waals surface area (Å²) in [5.41, 5.74) is 1.43. The number of morpholine rings is 1. The number of likely N-dealkylation sites (N-methyl/N-ethyl adjacent to an activating group) is 1. The molecule has 2 rings (SSSR count). The lowest BCUT2D eigenvalue weighted by Crippen LogP contribution is -2.44. The molecule has 18 heavy (non-hydrogen) atoms. The van der Waals surface area contributed by atoms with Gasteiger partial charge in [0.05, 0.1) is 12.7 Å². The second-order valence-corrected chi connectivity index (χ2v) is 5.05. The molecule has 3 heteroatoms. The number of rotatable bonds is 6. The van der Waals surface area contributed by atoms with Gasteiger partial charge in [-0.15, -0.1) is 0 Å². The molecule has 1 heterocycles. The summed E-state index contributed by atoms with van der Waals surface area (Å²) in [6.07, 6.45) is 2.73. The van der Waals surface area contributed by atoms with Gasteiger partial charge in [0, 0.05) is 19.6 Å². The molecule has 0 saturated carbocycles. The lowest BCUT2D eigenvalue weighted by atomic mass is 10.1. The van der Waals surface area contributed by atoms with Crippen LogP contribution in [0.3, 0.4) is 0 Å². The topological polar surface area (TPSA) is 24.5 Å². The fraction of sp³-hybridized carbons (Fsp3) is 0.600. The normalized spacial score (nSPS) is 20.2. The molecule has 1 unspecified atom stereocenters. The SMILES string of the molecule is CN(CCCc1ccccc1)CC1CNCCO1. The fourth-order valence-electron chi connectivity index (χ4n) is 2.37. The Labute approximate surface area is 110 Å². The van der Waals surface area contributed by atoms with E-state index >= 15 is 0 Å². The molecule has 1 saturated heterocycles. The summed E-state index contributed by atoms with van der Waals surface area (Å²) in [5, 5.41) is 3.37. The molecule has 0 radical (unpaired) electrons. The van der Waals surface area contributed by atoms with Gasteiger partial charge in [0.25, 0.3) is 0 Å². The van der Waals surface area contributed by atoms with E-state index in [0.717, 1.165) is 39.2 Å². The molecule has 100 valence electrons. The van der Waals surface area contributed by atoms with E-state index in [-0.39, 0.29) is 0 Å². The number of hydrogen-bond acceptors (Lipinski definition) is 3. The van der Waals surface area contributed by atoms with Crippen LogP contribution in [0.4, 0.5) is 0 Å². The van der Waals surface area contributed by atoms with Gasteiger partial charge in [0.15, 0.2) is 0 Å². The maximum absolute atomic E-state index is 5.71. The minimum atomic E-state index is 0.362. The Morgan fingerprint density at radius 1 is 1.33 bits per heavy atom. The Bertz CT molecular complexity index is 323. The molecule has 1 aromatic rings. The highest BCUT2D eigenvalue weighted by Crippen LogP contribution is 2.04. The summed E-state index contributed by atoms with van der Waals surface area (Å²) in [4.78, 5) is 2.38. The molecule has 1 atom stereocenters.